The van der Waals surface area contributed by atoms with E-state index in [0.29, 0.717) is 23.5 Å². The first kappa shape index (κ1) is 13.8. The van der Waals surface area contributed by atoms with Gasteiger partial charge in [-0.05, 0) is 55.9 Å². The molecule has 114 valence electrons. The molecule has 0 aliphatic heterocycles. The quantitative estimate of drug-likeness (QED) is 0.690. The fourth-order valence-electron chi connectivity index (χ4n) is 5.84. The Bertz CT molecular complexity index is 544. The molecule has 0 radical (unpaired) electrons. The summed E-state index contributed by atoms with van der Waals surface area (Å²) in [5.41, 5.74) is 3.00. The Morgan fingerprint density at radius 2 is 1.95 bits per heavy atom. The van der Waals surface area contributed by atoms with Crippen molar-refractivity contribution in [3.63, 3.8) is 0 Å². The van der Waals surface area contributed by atoms with Crippen LogP contribution in [0.25, 0.3) is 0 Å². The van der Waals surface area contributed by atoms with Crippen molar-refractivity contribution in [2.45, 2.75) is 58.5 Å². The van der Waals surface area contributed by atoms with Crippen LogP contribution in [0.3, 0.4) is 0 Å². The molecule has 6 atom stereocenters. The van der Waals surface area contributed by atoms with E-state index in [9.17, 15) is 9.90 Å². The van der Waals surface area contributed by atoms with Crippen molar-refractivity contribution in [2.24, 2.45) is 29.1 Å². The summed E-state index contributed by atoms with van der Waals surface area (Å²) in [4.78, 5) is 11.7. The van der Waals surface area contributed by atoms with E-state index in [0.717, 1.165) is 31.6 Å². The number of ketones is 1. The Morgan fingerprint density at radius 1 is 1.19 bits per heavy atom. The molecule has 2 nitrogen and oxygen atoms in total. The summed E-state index contributed by atoms with van der Waals surface area (Å²) < 4.78 is 0. The average molecular weight is 286 g/mol. The molecule has 4 aliphatic carbocycles. The van der Waals surface area contributed by atoms with Crippen molar-refractivity contribution in [1.29, 1.82) is 0 Å². The molecule has 0 aromatic carbocycles. The summed E-state index contributed by atoms with van der Waals surface area (Å²) in [7, 11) is 0. The van der Waals surface area contributed by atoms with Crippen molar-refractivity contribution < 1.29 is 9.90 Å². The lowest BCUT2D eigenvalue weighted by Gasteiger charge is -2.51. The monoisotopic (exact) mass is 286 g/mol. The zero-order chi connectivity index (χ0) is 14.8. The zero-order valence-electron chi connectivity index (χ0n) is 13.1. The Balaban J connectivity index is 1.68. The molecule has 0 amide bonds. The lowest BCUT2D eigenvalue weighted by molar-refractivity contribution is -0.115. The van der Waals surface area contributed by atoms with Gasteiger partial charge in [-0.25, -0.2) is 0 Å². The molecule has 0 aromatic rings. The first-order valence-corrected chi connectivity index (χ1v) is 8.64. The minimum absolute atomic E-state index is 0.0201. The Morgan fingerprint density at radius 3 is 2.76 bits per heavy atom. The molecule has 0 bridgehead atoms. The number of carbonyl (C=O) groups excluding carboxylic acids is 1. The fraction of sp³-hybridized carbons (Fsp3) is 0.737. The van der Waals surface area contributed by atoms with Gasteiger partial charge < -0.3 is 5.11 Å². The number of rotatable bonds is 0. The minimum Gasteiger partial charge on any atom is -0.392 e. The smallest absolute Gasteiger partial charge is 0.155 e. The molecule has 0 spiro atoms. The summed E-state index contributed by atoms with van der Waals surface area (Å²) in [5.74, 6) is 2.65. The van der Waals surface area contributed by atoms with E-state index in [1.54, 1.807) is 5.57 Å². The number of carbonyl (C=O) groups is 1. The summed E-state index contributed by atoms with van der Waals surface area (Å²) in [6, 6.07) is 0. The normalized spacial score (nSPS) is 48.9. The molecule has 2 unspecified atom stereocenters. The van der Waals surface area contributed by atoms with Crippen LogP contribution in [-0.4, -0.2) is 17.0 Å². The number of aliphatic hydroxyl groups excluding tert-OH is 1. The van der Waals surface area contributed by atoms with Gasteiger partial charge in [0, 0.05) is 17.8 Å². The summed E-state index contributed by atoms with van der Waals surface area (Å²) in [6.45, 7) is 4.43. The third-order valence-electron chi connectivity index (χ3n) is 6.95. The number of aliphatic hydroxyl groups is 1. The number of fused-ring (bicyclic) bond motifs is 5. The number of hydrogen-bond acceptors (Lipinski definition) is 2. The van der Waals surface area contributed by atoms with Crippen molar-refractivity contribution in [1.82, 2.24) is 0 Å². The van der Waals surface area contributed by atoms with Crippen molar-refractivity contribution in [2.75, 3.05) is 0 Å². The molecular weight excluding hydrogens is 260 g/mol. The fourth-order valence-corrected chi connectivity index (χ4v) is 5.84. The highest BCUT2D eigenvalue weighted by Gasteiger charge is 2.53. The van der Waals surface area contributed by atoms with Crippen LogP contribution in [0.5, 0.6) is 0 Å². The van der Waals surface area contributed by atoms with E-state index in [-0.39, 0.29) is 11.5 Å². The lowest BCUT2D eigenvalue weighted by atomic mass is 9.54. The van der Waals surface area contributed by atoms with E-state index in [4.69, 9.17) is 0 Å². The molecule has 4 aliphatic rings. The highest BCUT2D eigenvalue weighted by Crippen LogP contribution is 2.60. The standard InChI is InChI=1S/C19H26O2/c1-11-9-17-16-5-3-12-10-13(20)4-6-14(12)15(16)7-8-19(17,2)18(11)21/h9-11,14-16,18,21H,3-8H2,1-2H3/t11?,14-,15+,16+,18?,19-/m0/s1. The Hall–Kier alpha value is -0.890. The van der Waals surface area contributed by atoms with Gasteiger partial charge in [0.15, 0.2) is 5.78 Å². The third-order valence-corrected chi connectivity index (χ3v) is 6.95. The van der Waals surface area contributed by atoms with Crippen LogP contribution in [0.2, 0.25) is 0 Å². The van der Waals surface area contributed by atoms with Gasteiger partial charge in [-0.3, -0.25) is 4.79 Å². The van der Waals surface area contributed by atoms with Crippen molar-refractivity contribution in [3.8, 4) is 0 Å². The van der Waals surface area contributed by atoms with Crippen LogP contribution in [-0.2, 0) is 4.79 Å². The molecule has 21 heavy (non-hydrogen) atoms. The summed E-state index contributed by atoms with van der Waals surface area (Å²) in [5, 5.41) is 10.6. The van der Waals surface area contributed by atoms with E-state index in [1.807, 2.05) is 6.08 Å². The molecule has 0 heterocycles. The van der Waals surface area contributed by atoms with E-state index in [2.05, 4.69) is 19.9 Å². The molecule has 0 saturated heterocycles. The SMILES string of the molecule is CC1C=C2[C@@H]3CCC4=CC(=O)CC[C@@H]4[C@H]3CC[C@]2(C)C1O. The van der Waals surface area contributed by atoms with Crippen LogP contribution in [0.1, 0.15) is 52.4 Å². The molecule has 2 saturated carbocycles. The van der Waals surface area contributed by atoms with Gasteiger partial charge in [0.05, 0.1) is 6.10 Å². The van der Waals surface area contributed by atoms with E-state index < -0.39 is 0 Å². The van der Waals surface area contributed by atoms with Gasteiger partial charge in [0.1, 0.15) is 0 Å². The van der Waals surface area contributed by atoms with E-state index >= 15 is 0 Å². The Kier molecular flexibility index (Phi) is 2.98. The summed E-state index contributed by atoms with van der Waals surface area (Å²) in [6.07, 6.45) is 10.6. The molecule has 2 fully saturated rings. The van der Waals surface area contributed by atoms with Gasteiger partial charge in [0.2, 0.25) is 0 Å². The van der Waals surface area contributed by atoms with Crippen LogP contribution in [0, 0.1) is 29.1 Å². The molecular formula is C19H26O2. The third kappa shape index (κ3) is 1.84. The van der Waals surface area contributed by atoms with Crippen LogP contribution in [0.15, 0.2) is 23.3 Å². The van der Waals surface area contributed by atoms with Crippen molar-refractivity contribution in [3.05, 3.63) is 23.3 Å². The van der Waals surface area contributed by atoms with Gasteiger partial charge in [0.25, 0.3) is 0 Å². The second-order valence-electron chi connectivity index (χ2n) is 8.02. The topological polar surface area (TPSA) is 37.3 Å². The maximum atomic E-state index is 11.7. The largest absolute Gasteiger partial charge is 0.392 e. The zero-order valence-corrected chi connectivity index (χ0v) is 13.1. The lowest BCUT2D eigenvalue weighted by Crippen LogP contribution is -2.44. The molecule has 1 N–H and O–H groups in total. The van der Waals surface area contributed by atoms with Gasteiger partial charge in [-0.2, -0.15) is 0 Å². The van der Waals surface area contributed by atoms with Crippen LogP contribution in [0.4, 0.5) is 0 Å². The van der Waals surface area contributed by atoms with E-state index in [1.165, 1.54) is 18.4 Å². The highest BCUT2D eigenvalue weighted by atomic mass is 16.3. The second kappa shape index (κ2) is 4.55. The van der Waals surface area contributed by atoms with Gasteiger partial charge in [-0.1, -0.05) is 31.1 Å². The predicted octanol–water partition coefficient (Wildman–Crippen LogP) is 3.66. The molecule has 2 heteroatoms. The van der Waals surface area contributed by atoms with Crippen molar-refractivity contribution >= 4 is 5.78 Å². The maximum Gasteiger partial charge on any atom is 0.155 e. The minimum atomic E-state index is -0.196. The second-order valence-corrected chi connectivity index (χ2v) is 8.02. The first-order valence-electron chi connectivity index (χ1n) is 8.64. The molecule has 4 rings (SSSR count). The average Bonchev–Trinajstić information content (AvgIpc) is 2.70. The maximum absolute atomic E-state index is 11.7. The number of allylic oxidation sites excluding steroid dienone is 2. The first-order chi connectivity index (χ1) is 10.0. The highest BCUT2D eigenvalue weighted by molar-refractivity contribution is 5.91. The predicted molar refractivity (Wildman–Crippen MR) is 82.6 cm³/mol. The van der Waals surface area contributed by atoms with Gasteiger partial charge in [-0.15, -0.1) is 0 Å². The number of hydrogen-bond donors (Lipinski definition) is 1. The Labute approximate surface area is 127 Å². The summed E-state index contributed by atoms with van der Waals surface area (Å²) >= 11 is 0. The van der Waals surface area contributed by atoms with Gasteiger partial charge >= 0.3 is 0 Å². The van der Waals surface area contributed by atoms with Crippen LogP contribution >= 0.6 is 0 Å². The molecule has 0 aromatic heterocycles. The van der Waals surface area contributed by atoms with Crippen LogP contribution < -0.4 is 0 Å².